The molecule has 1 aromatic heterocycles. The molecule has 2 amide bonds. The van der Waals surface area contributed by atoms with E-state index in [9.17, 15) is 9.59 Å². The highest BCUT2D eigenvalue weighted by Gasteiger charge is 2.33. The van der Waals surface area contributed by atoms with Crippen LogP contribution in [0.2, 0.25) is 0 Å². The summed E-state index contributed by atoms with van der Waals surface area (Å²) in [4.78, 5) is 34.0. The predicted octanol–water partition coefficient (Wildman–Crippen LogP) is 0.676. The Bertz CT molecular complexity index is 645. The Balaban J connectivity index is 1.82. The molecule has 0 spiro atoms. The Hall–Kier alpha value is -2.76. The van der Waals surface area contributed by atoms with Gasteiger partial charge >= 0.3 is 0 Å². The van der Waals surface area contributed by atoms with Crippen molar-refractivity contribution in [3.05, 3.63) is 60.2 Å². The van der Waals surface area contributed by atoms with Gasteiger partial charge in [-0.25, -0.2) is 9.97 Å². The SMILES string of the molecule is O=C1CN(Cc2ncccn2)C(=O)C(c2ccccc2)N1. The zero-order valence-electron chi connectivity index (χ0n) is 11.3. The highest BCUT2D eigenvalue weighted by molar-refractivity contribution is 5.95. The largest absolute Gasteiger partial charge is 0.339 e. The van der Waals surface area contributed by atoms with Crippen LogP contribution < -0.4 is 5.32 Å². The van der Waals surface area contributed by atoms with Crippen LogP contribution >= 0.6 is 0 Å². The van der Waals surface area contributed by atoms with Crippen LogP contribution in [-0.2, 0) is 16.1 Å². The van der Waals surface area contributed by atoms with Gasteiger partial charge in [0.1, 0.15) is 18.4 Å². The Kier molecular flexibility index (Phi) is 3.59. The van der Waals surface area contributed by atoms with Crippen molar-refractivity contribution in [2.45, 2.75) is 12.6 Å². The van der Waals surface area contributed by atoms with Gasteiger partial charge in [0, 0.05) is 12.4 Å². The normalized spacial score (nSPS) is 18.5. The Morgan fingerprint density at radius 1 is 1.10 bits per heavy atom. The van der Waals surface area contributed by atoms with Gasteiger partial charge in [-0.15, -0.1) is 0 Å². The lowest BCUT2D eigenvalue weighted by molar-refractivity contribution is -0.145. The first-order chi connectivity index (χ1) is 10.2. The fraction of sp³-hybridized carbons (Fsp3) is 0.200. The van der Waals surface area contributed by atoms with Gasteiger partial charge < -0.3 is 10.2 Å². The zero-order valence-corrected chi connectivity index (χ0v) is 11.3. The van der Waals surface area contributed by atoms with Gasteiger partial charge in [0.25, 0.3) is 5.91 Å². The van der Waals surface area contributed by atoms with E-state index in [1.165, 1.54) is 4.90 Å². The molecule has 21 heavy (non-hydrogen) atoms. The van der Waals surface area contributed by atoms with Crippen molar-refractivity contribution in [1.82, 2.24) is 20.2 Å². The number of benzene rings is 1. The van der Waals surface area contributed by atoms with Crippen LogP contribution in [0.3, 0.4) is 0 Å². The number of hydrogen-bond acceptors (Lipinski definition) is 4. The summed E-state index contributed by atoms with van der Waals surface area (Å²) in [7, 11) is 0. The number of carbonyl (C=O) groups excluding carboxylic acids is 2. The molecule has 3 rings (SSSR count). The molecule has 6 nitrogen and oxygen atoms in total. The second kappa shape index (κ2) is 5.70. The lowest BCUT2D eigenvalue weighted by Crippen LogP contribution is -2.53. The number of nitrogens with zero attached hydrogens (tertiary/aromatic N) is 3. The van der Waals surface area contributed by atoms with Crippen LogP contribution in [0.15, 0.2) is 48.8 Å². The van der Waals surface area contributed by atoms with Gasteiger partial charge in [-0.1, -0.05) is 30.3 Å². The maximum Gasteiger partial charge on any atom is 0.250 e. The molecule has 1 unspecified atom stereocenters. The van der Waals surface area contributed by atoms with E-state index in [0.29, 0.717) is 5.82 Å². The zero-order chi connectivity index (χ0) is 14.7. The summed E-state index contributed by atoms with van der Waals surface area (Å²) in [6.07, 6.45) is 3.23. The van der Waals surface area contributed by atoms with Crippen molar-refractivity contribution in [2.75, 3.05) is 6.54 Å². The fourth-order valence-corrected chi connectivity index (χ4v) is 2.29. The van der Waals surface area contributed by atoms with Gasteiger partial charge in [-0.2, -0.15) is 0 Å². The molecule has 1 aliphatic rings. The molecule has 1 aromatic carbocycles. The van der Waals surface area contributed by atoms with Crippen LogP contribution in [0.1, 0.15) is 17.4 Å². The molecule has 0 saturated carbocycles. The van der Waals surface area contributed by atoms with Crippen LogP contribution in [0.4, 0.5) is 0 Å². The highest BCUT2D eigenvalue weighted by atomic mass is 16.2. The van der Waals surface area contributed by atoms with E-state index < -0.39 is 6.04 Å². The van der Waals surface area contributed by atoms with Crippen molar-refractivity contribution < 1.29 is 9.59 Å². The number of aromatic nitrogens is 2. The number of nitrogens with one attached hydrogen (secondary N) is 1. The summed E-state index contributed by atoms with van der Waals surface area (Å²) >= 11 is 0. The molecule has 1 fully saturated rings. The molecule has 1 aliphatic heterocycles. The fourth-order valence-electron chi connectivity index (χ4n) is 2.29. The minimum Gasteiger partial charge on any atom is -0.339 e. The summed E-state index contributed by atoms with van der Waals surface area (Å²) in [6, 6.07) is 10.3. The lowest BCUT2D eigenvalue weighted by Gasteiger charge is -2.32. The molecule has 1 atom stereocenters. The van der Waals surface area contributed by atoms with Crippen LogP contribution in [0.25, 0.3) is 0 Å². The molecular weight excluding hydrogens is 268 g/mol. The molecular formula is C15H14N4O2. The van der Waals surface area contributed by atoms with E-state index in [4.69, 9.17) is 0 Å². The number of amides is 2. The smallest absolute Gasteiger partial charge is 0.250 e. The second-order valence-electron chi connectivity index (χ2n) is 4.77. The molecule has 106 valence electrons. The van der Waals surface area contributed by atoms with Crippen LogP contribution in [0, 0.1) is 0 Å². The van der Waals surface area contributed by atoms with Crippen molar-refractivity contribution in [1.29, 1.82) is 0 Å². The molecule has 2 heterocycles. The lowest BCUT2D eigenvalue weighted by atomic mass is 10.0. The van der Waals surface area contributed by atoms with Crippen molar-refractivity contribution in [2.24, 2.45) is 0 Å². The third-order valence-corrected chi connectivity index (χ3v) is 3.28. The Morgan fingerprint density at radius 3 is 2.52 bits per heavy atom. The van der Waals surface area contributed by atoms with E-state index >= 15 is 0 Å². The van der Waals surface area contributed by atoms with Crippen molar-refractivity contribution in [3.63, 3.8) is 0 Å². The van der Waals surface area contributed by atoms with Crippen molar-refractivity contribution in [3.8, 4) is 0 Å². The maximum atomic E-state index is 12.5. The summed E-state index contributed by atoms with van der Waals surface area (Å²) in [5.41, 5.74) is 0.773. The third-order valence-electron chi connectivity index (χ3n) is 3.28. The maximum absolute atomic E-state index is 12.5. The number of rotatable bonds is 3. The van der Waals surface area contributed by atoms with Gasteiger partial charge in [0.15, 0.2) is 0 Å². The van der Waals surface area contributed by atoms with E-state index in [-0.39, 0.29) is 24.9 Å². The van der Waals surface area contributed by atoms with E-state index in [2.05, 4.69) is 15.3 Å². The monoisotopic (exact) mass is 282 g/mol. The van der Waals surface area contributed by atoms with Gasteiger partial charge in [0.2, 0.25) is 5.91 Å². The topological polar surface area (TPSA) is 75.2 Å². The third kappa shape index (κ3) is 2.89. The Labute approximate surface area is 121 Å². The minimum absolute atomic E-state index is 0.0282. The number of hydrogen-bond donors (Lipinski definition) is 1. The first-order valence-corrected chi connectivity index (χ1v) is 6.63. The predicted molar refractivity (Wildman–Crippen MR) is 74.8 cm³/mol. The van der Waals surface area contributed by atoms with Crippen molar-refractivity contribution >= 4 is 11.8 Å². The first-order valence-electron chi connectivity index (χ1n) is 6.63. The van der Waals surface area contributed by atoms with E-state index in [1.54, 1.807) is 18.5 Å². The molecule has 1 N–H and O–H groups in total. The van der Waals surface area contributed by atoms with Crippen LogP contribution in [-0.4, -0.2) is 33.2 Å². The van der Waals surface area contributed by atoms with Crippen LogP contribution in [0.5, 0.6) is 0 Å². The average Bonchev–Trinajstić information content (AvgIpc) is 2.52. The Morgan fingerprint density at radius 2 is 1.81 bits per heavy atom. The quantitative estimate of drug-likeness (QED) is 0.898. The first kappa shape index (κ1) is 13.2. The standard InChI is InChI=1S/C15H14N4O2/c20-13-10-19(9-12-16-7-4-8-17-12)15(21)14(18-13)11-5-2-1-3-6-11/h1-8,14H,9-10H2,(H,18,20). The molecule has 6 heteroatoms. The summed E-state index contributed by atoms with van der Waals surface area (Å²) in [5, 5.41) is 2.73. The minimum atomic E-state index is -0.642. The van der Waals surface area contributed by atoms with Gasteiger partial charge in [0.05, 0.1) is 6.54 Å². The molecule has 2 aromatic rings. The van der Waals surface area contributed by atoms with Gasteiger partial charge in [-0.05, 0) is 11.6 Å². The summed E-state index contributed by atoms with van der Waals surface area (Å²) in [6.45, 7) is 0.261. The molecule has 1 saturated heterocycles. The summed E-state index contributed by atoms with van der Waals surface area (Å²) in [5.74, 6) is 0.194. The summed E-state index contributed by atoms with van der Waals surface area (Å²) < 4.78 is 0. The van der Waals surface area contributed by atoms with E-state index in [0.717, 1.165) is 5.56 Å². The molecule has 0 bridgehead atoms. The van der Waals surface area contributed by atoms with E-state index in [1.807, 2.05) is 30.3 Å². The average molecular weight is 282 g/mol. The number of carbonyl (C=O) groups is 2. The van der Waals surface area contributed by atoms with Gasteiger partial charge in [-0.3, -0.25) is 9.59 Å². The second-order valence-corrected chi connectivity index (χ2v) is 4.77. The molecule has 0 aliphatic carbocycles. The highest BCUT2D eigenvalue weighted by Crippen LogP contribution is 2.19. The number of piperazine rings is 1. The molecule has 0 radical (unpaired) electrons.